The number of hydrogen-bond acceptors (Lipinski definition) is 4. The number of carbonyl (C=O) groups excluding carboxylic acids is 1. The quantitative estimate of drug-likeness (QED) is 0.502. The summed E-state index contributed by atoms with van der Waals surface area (Å²) >= 11 is 0. The number of nitrogens with one attached hydrogen (secondary N) is 2. The lowest BCUT2D eigenvalue weighted by molar-refractivity contribution is -0.118. The molecule has 162 valence electrons. The Bertz CT molecular complexity index is 1140. The number of rotatable bonds is 8. The van der Waals surface area contributed by atoms with Crippen molar-refractivity contribution < 1.29 is 13.2 Å². The summed E-state index contributed by atoms with van der Waals surface area (Å²) in [5, 5.41) is 11.5. The van der Waals surface area contributed by atoms with Gasteiger partial charge in [0, 0.05) is 12.2 Å². The summed E-state index contributed by atoms with van der Waals surface area (Å²) in [5.74, 6) is -0.135. The lowest BCUT2D eigenvalue weighted by Crippen LogP contribution is -2.34. The maximum absolute atomic E-state index is 13.1. The van der Waals surface area contributed by atoms with Crippen LogP contribution in [0.5, 0.6) is 0 Å². The van der Waals surface area contributed by atoms with E-state index >= 15 is 0 Å². The Morgan fingerprint density at radius 2 is 1.65 bits per heavy atom. The molecule has 0 saturated carbocycles. The van der Waals surface area contributed by atoms with E-state index in [1.54, 1.807) is 12.1 Å². The Balaban J connectivity index is 1.71. The van der Waals surface area contributed by atoms with Gasteiger partial charge in [0.15, 0.2) is 0 Å². The fourth-order valence-corrected chi connectivity index (χ4v) is 3.80. The zero-order valence-corrected chi connectivity index (χ0v) is 18.4. The molecule has 1 atom stereocenters. The fraction of sp³-hybridized carbons (Fsp3) is 0.208. The number of aryl methyl sites for hydroxylation is 2. The molecule has 0 spiro atoms. The molecule has 3 rings (SSSR count). The fourth-order valence-electron chi connectivity index (χ4n) is 3.29. The van der Waals surface area contributed by atoms with Crippen LogP contribution in [0.1, 0.15) is 28.3 Å². The minimum absolute atomic E-state index is 0.0827. The molecule has 3 aromatic rings. The lowest BCUT2D eigenvalue weighted by Gasteiger charge is -2.20. The van der Waals surface area contributed by atoms with Crippen LogP contribution >= 0.6 is 0 Å². The topological polar surface area (TPSA) is 101 Å². The van der Waals surface area contributed by atoms with E-state index in [1.165, 1.54) is 12.1 Å². The summed E-state index contributed by atoms with van der Waals surface area (Å²) in [6, 6.07) is 21.4. The summed E-state index contributed by atoms with van der Waals surface area (Å²) < 4.78 is 22.8. The van der Waals surface area contributed by atoms with Crippen LogP contribution in [-0.4, -0.2) is 20.9 Å². The first-order valence-corrected chi connectivity index (χ1v) is 11.6. The average molecular weight is 438 g/mol. The molecule has 0 aliphatic carbocycles. The van der Waals surface area contributed by atoms with E-state index in [0.29, 0.717) is 13.0 Å². The summed E-state index contributed by atoms with van der Waals surface area (Å²) in [5.41, 5.74) is 4.69. The highest BCUT2D eigenvalue weighted by atomic mass is 32.2. The van der Waals surface area contributed by atoms with E-state index in [-0.39, 0.29) is 10.8 Å². The smallest absolute Gasteiger partial charge is 0.246 e. The lowest BCUT2D eigenvalue weighted by atomic mass is 10.0. The molecule has 0 aliphatic rings. The predicted molar refractivity (Wildman–Crippen MR) is 123 cm³/mol. The van der Waals surface area contributed by atoms with E-state index in [0.717, 1.165) is 27.9 Å². The van der Waals surface area contributed by atoms with Crippen molar-refractivity contribution in [1.29, 1.82) is 0 Å². The van der Waals surface area contributed by atoms with Crippen LogP contribution in [-0.2, 0) is 21.2 Å². The van der Waals surface area contributed by atoms with Gasteiger partial charge in [-0.05, 0) is 60.7 Å². The number of carbonyl (C=O) groups is 1. The van der Waals surface area contributed by atoms with Gasteiger partial charge in [0.05, 0.1) is 4.90 Å². The third-order valence-corrected chi connectivity index (χ3v) is 5.99. The Hall–Kier alpha value is -3.00. The second kappa shape index (κ2) is 9.87. The van der Waals surface area contributed by atoms with Crippen molar-refractivity contribution in [3.05, 3.63) is 95.1 Å². The van der Waals surface area contributed by atoms with Crippen LogP contribution in [0.2, 0.25) is 0 Å². The molecule has 0 radical (unpaired) electrons. The highest BCUT2D eigenvalue weighted by molar-refractivity contribution is 7.89. The monoisotopic (exact) mass is 437 g/mol. The van der Waals surface area contributed by atoms with Crippen molar-refractivity contribution in [3.63, 3.8) is 0 Å². The number of benzene rings is 3. The number of amides is 1. The van der Waals surface area contributed by atoms with Crippen LogP contribution in [0, 0.1) is 13.8 Å². The third-order valence-electron chi connectivity index (χ3n) is 5.06. The van der Waals surface area contributed by atoms with E-state index in [2.05, 4.69) is 10.6 Å². The van der Waals surface area contributed by atoms with Gasteiger partial charge in [0.25, 0.3) is 0 Å². The van der Waals surface area contributed by atoms with Gasteiger partial charge in [0.1, 0.15) is 6.04 Å². The third kappa shape index (κ3) is 6.24. The van der Waals surface area contributed by atoms with E-state index < -0.39 is 16.1 Å². The van der Waals surface area contributed by atoms with E-state index in [1.807, 2.05) is 62.4 Å². The van der Waals surface area contributed by atoms with Crippen molar-refractivity contribution in [2.75, 3.05) is 11.9 Å². The van der Waals surface area contributed by atoms with Gasteiger partial charge in [-0.25, -0.2) is 13.6 Å². The van der Waals surface area contributed by atoms with Crippen molar-refractivity contribution in [2.24, 2.45) is 5.14 Å². The number of primary sulfonamides is 1. The van der Waals surface area contributed by atoms with Crippen LogP contribution < -0.4 is 15.8 Å². The van der Waals surface area contributed by atoms with E-state index in [4.69, 9.17) is 5.14 Å². The zero-order valence-electron chi connectivity index (χ0n) is 17.6. The highest BCUT2D eigenvalue weighted by Gasteiger charge is 2.20. The first kappa shape index (κ1) is 22.7. The summed E-state index contributed by atoms with van der Waals surface area (Å²) in [4.78, 5) is 13.2. The Morgan fingerprint density at radius 3 is 2.29 bits per heavy atom. The molecule has 0 heterocycles. The van der Waals surface area contributed by atoms with Gasteiger partial charge >= 0.3 is 0 Å². The summed E-state index contributed by atoms with van der Waals surface area (Å²) in [6.07, 6.45) is 0.630. The first-order chi connectivity index (χ1) is 14.7. The van der Waals surface area contributed by atoms with Gasteiger partial charge in [-0.3, -0.25) is 4.79 Å². The van der Waals surface area contributed by atoms with Crippen molar-refractivity contribution in [2.45, 2.75) is 31.2 Å². The normalized spacial score (nSPS) is 12.4. The Labute approximate surface area is 183 Å². The highest BCUT2D eigenvalue weighted by Crippen LogP contribution is 2.20. The van der Waals surface area contributed by atoms with Gasteiger partial charge in [0.2, 0.25) is 15.9 Å². The maximum atomic E-state index is 13.1. The molecular formula is C24H27N3O3S. The van der Waals surface area contributed by atoms with Crippen molar-refractivity contribution >= 4 is 21.6 Å². The van der Waals surface area contributed by atoms with Crippen molar-refractivity contribution in [3.8, 4) is 0 Å². The molecule has 7 heteroatoms. The molecule has 3 aromatic carbocycles. The number of hydrogen-bond donors (Lipinski definition) is 3. The molecule has 0 aromatic heterocycles. The molecule has 0 bridgehead atoms. The molecule has 0 unspecified atom stereocenters. The molecule has 1 amide bonds. The molecule has 0 saturated heterocycles. The minimum atomic E-state index is -3.71. The number of sulfonamides is 1. The van der Waals surface area contributed by atoms with Gasteiger partial charge in [-0.15, -0.1) is 0 Å². The summed E-state index contributed by atoms with van der Waals surface area (Å²) in [6.45, 7) is 4.49. The Kier molecular flexibility index (Phi) is 7.22. The molecular weight excluding hydrogens is 410 g/mol. The van der Waals surface area contributed by atoms with Crippen LogP contribution in [0.25, 0.3) is 0 Å². The molecule has 0 aliphatic heterocycles. The van der Waals surface area contributed by atoms with Gasteiger partial charge in [-0.2, -0.15) is 0 Å². The van der Waals surface area contributed by atoms with Crippen LogP contribution in [0.4, 0.5) is 5.69 Å². The standard InChI is InChI=1S/C24H27N3O3S/c1-17-8-9-18(2)22(16-17)27-24(28)23(20-6-4-3-5-7-20)26-15-14-19-10-12-21(13-11-19)31(25,29)30/h3-13,16,23,26H,14-15H2,1-2H3,(H,27,28)(H2,25,29,30)/t23-/m1/s1. The van der Waals surface area contributed by atoms with E-state index in [9.17, 15) is 13.2 Å². The second-order valence-corrected chi connectivity index (χ2v) is 9.11. The first-order valence-electron chi connectivity index (χ1n) is 10.0. The number of nitrogens with two attached hydrogens (primary N) is 1. The summed E-state index contributed by atoms with van der Waals surface area (Å²) in [7, 11) is -3.71. The average Bonchev–Trinajstić information content (AvgIpc) is 2.74. The molecule has 6 nitrogen and oxygen atoms in total. The largest absolute Gasteiger partial charge is 0.324 e. The maximum Gasteiger partial charge on any atom is 0.246 e. The number of anilines is 1. The minimum Gasteiger partial charge on any atom is -0.324 e. The SMILES string of the molecule is Cc1ccc(C)c(NC(=O)[C@H](NCCc2ccc(S(N)(=O)=O)cc2)c2ccccc2)c1. The predicted octanol–water partition coefficient (Wildman–Crippen LogP) is 3.46. The molecule has 0 fully saturated rings. The molecule has 31 heavy (non-hydrogen) atoms. The Morgan fingerprint density at radius 1 is 0.968 bits per heavy atom. The van der Waals surface area contributed by atoms with Crippen molar-refractivity contribution in [1.82, 2.24) is 5.32 Å². The second-order valence-electron chi connectivity index (χ2n) is 7.54. The zero-order chi connectivity index (χ0) is 22.4. The van der Waals surface area contributed by atoms with Crippen LogP contribution in [0.15, 0.2) is 77.7 Å². The van der Waals surface area contributed by atoms with Gasteiger partial charge in [-0.1, -0.05) is 54.6 Å². The molecule has 4 N–H and O–H groups in total. The van der Waals surface area contributed by atoms with Gasteiger partial charge < -0.3 is 10.6 Å². The van der Waals surface area contributed by atoms with Crippen LogP contribution in [0.3, 0.4) is 0 Å².